The highest BCUT2D eigenvalue weighted by molar-refractivity contribution is 7.85. The average Bonchev–Trinajstić information content (AvgIpc) is 1.60. The first-order valence-corrected chi connectivity index (χ1v) is 4.66. The summed E-state index contributed by atoms with van der Waals surface area (Å²) >= 11 is 0. The van der Waals surface area contributed by atoms with Gasteiger partial charge in [0.1, 0.15) is 0 Å². The lowest BCUT2D eigenvalue weighted by molar-refractivity contribution is 0.0712. The first-order chi connectivity index (χ1) is 4.10. The average molecular weight is 148 g/mol. The molecule has 0 aliphatic carbocycles. The quantitative estimate of drug-likeness (QED) is 0.536. The monoisotopic (exact) mass is 148 g/mol. The molecular weight excluding hydrogens is 136 g/mol. The van der Waals surface area contributed by atoms with E-state index < -0.39 is 16.4 Å². The second-order valence-corrected chi connectivity index (χ2v) is 4.47. The Bertz CT molecular complexity index is 131. The summed E-state index contributed by atoms with van der Waals surface area (Å²) in [5.41, 5.74) is -0.650. The summed E-state index contributed by atoms with van der Waals surface area (Å²) in [6, 6.07) is 0. The number of hydrogen-bond acceptors (Lipinski definition) is 2. The smallest absolute Gasteiger partial charge is 0.0734 e. The van der Waals surface area contributed by atoms with Crippen LogP contribution < -0.4 is 0 Å². The van der Waals surface area contributed by atoms with Crippen LogP contribution in [0.4, 0.5) is 0 Å². The standard InChI is InChI=1S/C6H12O2S/c1-6(7)3-2-4-9(8)5-6/h7H,2-5H2,1H3/t6-,9?/m0/s1. The Kier molecular flexibility index (Phi) is 1.91. The van der Waals surface area contributed by atoms with E-state index in [1.807, 2.05) is 0 Å². The summed E-state index contributed by atoms with van der Waals surface area (Å²) in [4.78, 5) is 0. The van der Waals surface area contributed by atoms with Gasteiger partial charge in [-0.25, -0.2) is 0 Å². The molecule has 0 aromatic heterocycles. The maximum atomic E-state index is 10.8. The largest absolute Gasteiger partial charge is 0.389 e. The normalized spacial score (nSPS) is 44.9. The van der Waals surface area contributed by atoms with E-state index in [1.54, 1.807) is 6.92 Å². The van der Waals surface area contributed by atoms with Crippen molar-refractivity contribution in [1.82, 2.24) is 0 Å². The summed E-state index contributed by atoms with van der Waals surface area (Å²) in [7, 11) is -0.760. The van der Waals surface area contributed by atoms with Gasteiger partial charge in [0.05, 0.1) is 11.4 Å². The van der Waals surface area contributed by atoms with Crippen LogP contribution in [0.5, 0.6) is 0 Å². The maximum absolute atomic E-state index is 10.8. The Morgan fingerprint density at radius 2 is 2.33 bits per heavy atom. The van der Waals surface area contributed by atoms with Gasteiger partial charge < -0.3 is 5.11 Å². The Hall–Kier alpha value is 0.110. The van der Waals surface area contributed by atoms with Crippen LogP contribution >= 0.6 is 0 Å². The van der Waals surface area contributed by atoms with E-state index in [0.717, 1.165) is 18.6 Å². The molecule has 54 valence electrons. The molecule has 0 radical (unpaired) electrons. The van der Waals surface area contributed by atoms with Crippen LogP contribution in [-0.4, -0.2) is 26.4 Å². The molecule has 0 saturated carbocycles. The van der Waals surface area contributed by atoms with Crippen molar-refractivity contribution in [2.75, 3.05) is 11.5 Å². The predicted molar refractivity (Wildman–Crippen MR) is 37.7 cm³/mol. The zero-order chi connectivity index (χ0) is 6.91. The molecule has 1 aliphatic rings. The molecule has 1 aliphatic heterocycles. The molecule has 1 N–H and O–H groups in total. The molecule has 2 nitrogen and oxygen atoms in total. The molecular formula is C6H12O2S. The van der Waals surface area contributed by atoms with Gasteiger partial charge in [0.2, 0.25) is 0 Å². The Morgan fingerprint density at radius 3 is 2.67 bits per heavy atom. The van der Waals surface area contributed by atoms with Crippen LogP contribution in [0.2, 0.25) is 0 Å². The maximum Gasteiger partial charge on any atom is 0.0734 e. The van der Waals surface area contributed by atoms with E-state index in [2.05, 4.69) is 0 Å². The molecule has 0 aromatic carbocycles. The van der Waals surface area contributed by atoms with Crippen LogP contribution in [0.25, 0.3) is 0 Å². The van der Waals surface area contributed by atoms with Crippen LogP contribution in [0.1, 0.15) is 19.8 Å². The van der Waals surface area contributed by atoms with Gasteiger partial charge in [0, 0.05) is 16.6 Å². The lowest BCUT2D eigenvalue weighted by atomic mass is 10.0. The molecule has 1 rings (SSSR count). The molecule has 0 amide bonds. The predicted octanol–water partition coefficient (Wildman–Crippen LogP) is 0.280. The molecule has 3 heteroatoms. The van der Waals surface area contributed by atoms with Gasteiger partial charge in [-0.1, -0.05) is 0 Å². The topological polar surface area (TPSA) is 37.3 Å². The van der Waals surface area contributed by atoms with Crippen molar-refractivity contribution in [3.05, 3.63) is 0 Å². The van der Waals surface area contributed by atoms with Crippen LogP contribution in [0, 0.1) is 0 Å². The lowest BCUT2D eigenvalue weighted by Gasteiger charge is -2.26. The zero-order valence-electron chi connectivity index (χ0n) is 5.59. The third-order valence-corrected chi connectivity index (χ3v) is 3.25. The number of rotatable bonds is 0. The summed E-state index contributed by atoms with van der Waals surface area (Å²) < 4.78 is 10.8. The Labute approximate surface area is 57.7 Å². The SMILES string of the molecule is C[C@]1(O)CCCS(=O)C1. The Balaban J connectivity index is 2.51. The molecule has 0 aromatic rings. The van der Waals surface area contributed by atoms with Gasteiger partial charge in [-0.3, -0.25) is 4.21 Å². The van der Waals surface area contributed by atoms with Crippen molar-refractivity contribution >= 4 is 10.8 Å². The first-order valence-electron chi connectivity index (χ1n) is 3.17. The molecule has 1 heterocycles. The van der Waals surface area contributed by atoms with Gasteiger partial charge in [-0.2, -0.15) is 0 Å². The third-order valence-electron chi connectivity index (χ3n) is 1.56. The van der Waals surface area contributed by atoms with E-state index in [-0.39, 0.29) is 0 Å². The van der Waals surface area contributed by atoms with Crippen molar-refractivity contribution in [2.24, 2.45) is 0 Å². The minimum Gasteiger partial charge on any atom is -0.389 e. The highest BCUT2D eigenvalue weighted by atomic mass is 32.2. The van der Waals surface area contributed by atoms with Crippen LogP contribution in [-0.2, 0) is 10.8 Å². The van der Waals surface area contributed by atoms with Crippen molar-refractivity contribution in [1.29, 1.82) is 0 Å². The highest BCUT2D eigenvalue weighted by Gasteiger charge is 2.27. The minimum atomic E-state index is -0.760. The third kappa shape index (κ3) is 2.06. The summed E-state index contributed by atoms with van der Waals surface area (Å²) in [5, 5.41) is 9.35. The lowest BCUT2D eigenvalue weighted by Crippen LogP contribution is -2.36. The van der Waals surface area contributed by atoms with Gasteiger partial charge in [-0.15, -0.1) is 0 Å². The van der Waals surface area contributed by atoms with Crippen LogP contribution in [0.3, 0.4) is 0 Å². The van der Waals surface area contributed by atoms with E-state index >= 15 is 0 Å². The van der Waals surface area contributed by atoms with Crippen molar-refractivity contribution in [3.63, 3.8) is 0 Å². The number of hydrogen-bond donors (Lipinski definition) is 1. The molecule has 1 unspecified atom stereocenters. The van der Waals surface area contributed by atoms with Crippen molar-refractivity contribution < 1.29 is 9.32 Å². The second kappa shape index (κ2) is 2.39. The van der Waals surface area contributed by atoms with E-state index in [9.17, 15) is 9.32 Å². The van der Waals surface area contributed by atoms with Gasteiger partial charge >= 0.3 is 0 Å². The summed E-state index contributed by atoms with van der Waals surface area (Å²) in [6.07, 6.45) is 1.71. The fourth-order valence-electron chi connectivity index (χ4n) is 1.11. The zero-order valence-corrected chi connectivity index (χ0v) is 6.41. The van der Waals surface area contributed by atoms with Crippen molar-refractivity contribution in [3.8, 4) is 0 Å². The van der Waals surface area contributed by atoms with Gasteiger partial charge in [0.15, 0.2) is 0 Å². The summed E-state index contributed by atoms with van der Waals surface area (Å²) in [5.74, 6) is 1.24. The van der Waals surface area contributed by atoms with Gasteiger partial charge in [-0.05, 0) is 19.8 Å². The molecule has 2 atom stereocenters. The van der Waals surface area contributed by atoms with Crippen molar-refractivity contribution in [2.45, 2.75) is 25.4 Å². The molecule has 1 saturated heterocycles. The Morgan fingerprint density at radius 1 is 1.67 bits per heavy atom. The van der Waals surface area contributed by atoms with E-state index in [1.165, 1.54) is 0 Å². The molecule has 9 heavy (non-hydrogen) atoms. The second-order valence-electron chi connectivity index (χ2n) is 2.89. The molecule has 0 spiro atoms. The fourth-order valence-corrected chi connectivity index (χ4v) is 2.55. The first kappa shape index (κ1) is 7.22. The number of aliphatic hydroxyl groups is 1. The van der Waals surface area contributed by atoms with Crippen LogP contribution in [0.15, 0.2) is 0 Å². The van der Waals surface area contributed by atoms with Gasteiger partial charge in [0.25, 0.3) is 0 Å². The highest BCUT2D eigenvalue weighted by Crippen LogP contribution is 2.19. The van der Waals surface area contributed by atoms with E-state index in [4.69, 9.17) is 0 Å². The van der Waals surface area contributed by atoms with E-state index in [0.29, 0.717) is 5.75 Å². The molecule has 1 fully saturated rings. The fraction of sp³-hybridized carbons (Fsp3) is 1.00. The summed E-state index contributed by atoms with van der Waals surface area (Å²) in [6.45, 7) is 1.75. The minimum absolute atomic E-state index is 0.465. The molecule has 0 bridgehead atoms.